The van der Waals surface area contributed by atoms with Crippen LogP contribution in [-0.2, 0) is 15.8 Å². The fraction of sp³-hybridized carbons (Fsp3) is 0.467. The molecule has 0 saturated carbocycles. The zero-order valence-corrected chi connectivity index (χ0v) is 12.8. The number of aliphatic hydroxyl groups is 1. The van der Waals surface area contributed by atoms with Crippen LogP contribution in [0.3, 0.4) is 0 Å². The SMILES string of the molecule is CCC(CCO)NC(=O)C(=O)Nc1cc(C(F)(F)F)ccc1C. The standard InChI is InChI=1S/C15H19F3N2O3/c1-3-11(6-7-21)19-13(22)14(23)20-12-8-10(15(16,17)18)5-4-9(12)2/h4-5,8,11,21H,3,6-7H2,1-2H3,(H,19,22)(H,20,23). The molecule has 8 heteroatoms. The monoisotopic (exact) mass is 332 g/mol. The number of anilines is 1. The molecule has 1 aromatic rings. The maximum Gasteiger partial charge on any atom is 0.416 e. The summed E-state index contributed by atoms with van der Waals surface area (Å²) in [6.07, 6.45) is -3.73. The first-order valence-electron chi connectivity index (χ1n) is 7.09. The minimum atomic E-state index is -4.54. The fourth-order valence-electron chi connectivity index (χ4n) is 1.90. The molecular weight excluding hydrogens is 313 g/mol. The number of hydrogen-bond acceptors (Lipinski definition) is 3. The van der Waals surface area contributed by atoms with Crippen molar-refractivity contribution in [2.75, 3.05) is 11.9 Å². The molecule has 0 aliphatic rings. The van der Waals surface area contributed by atoms with Crippen molar-refractivity contribution in [3.8, 4) is 0 Å². The van der Waals surface area contributed by atoms with Gasteiger partial charge in [0.2, 0.25) is 0 Å². The van der Waals surface area contributed by atoms with E-state index in [0.29, 0.717) is 12.0 Å². The molecule has 0 saturated heterocycles. The number of amides is 2. The maximum atomic E-state index is 12.7. The minimum Gasteiger partial charge on any atom is -0.396 e. The molecular formula is C15H19F3N2O3. The van der Waals surface area contributed by atoms with Gasteiger partial charge >= 0.3 is 18.0 Å². The molecule has 0 bridgehead atoms. The summed E-state index contributed by atoms with van der Waals surface area (Å²) in [5, 5.41) is 13.4. The van der Waals surface area contributed by atoms with Crippen LogP contribution in [0.15, 0.2) is 18.2 Å². The van der Waals surface area contributed by atoms with Crippen molar-refractivity contribution in [2.45, 2.75) is 38.9 Å². The number of carbonyl (C=O) groups is 2. The van der Waals surface area contributed by atoms with Gasteiger partial charge in [0.15, 0.2) is 0 Å². The molecule has 1 aromatic carbocycles. The predicted octanol–water partition coefficient (Wildman–Crippen LogP) is 2.23. The molecule has 0 aliphatic carbocycles. The van der Waals surface area contributed by atoms with Crippen molar-refractivity contribution >= 4 is 17.5 Å². The van der Waals surface area contributed by atoms with Gasteiger partial charge in [0.05, 0.1) is 5.56 Å². The molecule has 0 spiro atoms. The van der Waals surface area contributed by atoms with E-state index in [2.05, 4.69) is 10.6 Å². The summed E-state index contributed by atoms with van der Waals surface area (Å²) in [7, 11) is 0. The Kier molecular flexibility index (Phi) is 6.56. The highest BCUT2D eigenvalue weighted by molar-refractivity contribution is 6.39. The molecule has 0 fully saturated rings. The predicted molar refractivity (Wildman–Crippen MR) is 78.7 cm³/mol. The van der Waals surface area contributed by atoms with Gasteiger partial charge in [-0.1, -0.05) is 13.0 Å². The second-order valence-electron chi connectivity index (χ2n) is 5.07. The molecule has 5 nitrogen and oxygen atoms in total. The molecule has 128 valence electrons. The van der Waals surface area contributed by atoms with Gasteiger partial charge in [-0.05, 0) is 37.5 Å². The average molecular weight is 332 g/mol. The van der Waals surface area contributed by atoms with Crippen LogP contribution in [0.25, 0.3) is 0 Å². The van der Waals surface area contributed by atoms with E-state index < -0.39 is 23.6 Å². The largest absolute Gasteiger partial charge is 0.416 e. The van der Waals surface area contributed by atoms with Crippen LogP contribution in [0.4, 0.5) is 18.9 Å². The fourth-order valence-corrected chi connectivity index (χ4v) is 1.90. The first-order chi connectivity index (χ1) is 10.7. The van der Waals surface area contributed by atoms with Crippen LogP contribution in [0, 0.1) is 6.92 Å². The number of halogens is 3. The van der Waals surface area contributed by atoms with Crippen molar-refractivity contribution in [2.24, 2.45) is 0 Å². The number of benzene rings is 1. The first-order valence-corrected chi connectivity index (χ1v) is 7.09. The number of aliphatic hydroxyl groups excluding tert-OH is 1. The molecule has 3 N–H and O–H groups in total. The van der Waals surface area contributed by atoms with Crippen LogP contribution >= 0.6 is 0 Å². The zero-order valence-electron chi connectivity index (χ0n) is 12.8. The summed E-state index contributed by atoms with van der Waals surface area (Å²) in [5.41, 5.74) is -0.581. The lowest BCUT2D eigenvalue weighted by molar-refractivity contribution is -0.137. The van der Waals surface area contributed by atoms with Gasteiger partial charge in [-0.2, -0.15) is 13.2 Å². The zero-order chi connectivity index (χ0) is 17.6. The quantitative estimate of drug-likeness (QED) is 0.724. The van der Waals surface area contributed by atoms with Crippen LogP contribution in [0.2, 0.25) is 0 Å². The number of nitrogens with one attached hydrogen (secondary N) is 2. The highest BCUT2D eigenvalue weighted by atomic mass is 19.4. The van der Waals surface area contributed by atoms with Gasteiger partial charge in [-0.15, -0.1) is 0 Å². The van der Waals surface area contributed by atoms with Gasteiger partial charge in [-0.3, -0.25) is 9.59 Å². The van der Waals surface area contributed by atoms with E-state index >= 15 is 0 Å². The van der Waals surface area contributed by atoms with Crippen molar-refractivity contribution in [1.29, 1.82) is 0 Å². The van der Waals surface area contributed by atoms with Crippen molar-refractivity contribution in [3.05, 3.63) is 29.3 Å². The van der Waals surface area contributed by atoms with Crippen LogP contribution in [0.1, 0.15) is 30.9 Å². The summed E-state index contributed by atoms with van der Waals surface area (Å²) in [4.78, 5) is 23.6. The molecule has 23 heavy (non-hydrogen) atoms. The smallest absolute Gasteiger partial charge is 0.396 e. The summed E-state index contributed by atoms with van der Waals surface area (Å²) >= 11 is 0. The van der Waals surface area contributed by atoms with E-state index in [1.54, 1.807) is 6.92 Å². The number of carbonyl (C=O) groups excluding carboxylic acids is 2. The number of aryl methyl sites for hydroxylation is 1. The van der Waals surface area contributed by atoms with Gasteiger partial charge in [0, 0.05) is 18.3 Å². The van der Waals surface area contributed by atoms with E-state index in [-0.39, 0.29) is 24.8 Å². The molecule has 1 unspecified atom stereocenters. The molecule has 0 aliphatic heterocycles. The van der Waals surface area contributed by atoms with Gasteiger partial charge < -0.3 is 15.7 Å². The summed E-state index contributed by atoms with van der Waals surface area (Å²) in [6, 6.07) is 2.53. The molecule has 2 amide bonds. The van der Waals surface area contributed by atoms with Gasteiger partial charge in [0.25, 0.3) is 0 Å². The Morgan fingerprint density at radius 3 is 2.43 bits per heavy atom. The Hall–Kier alpha value is -2.09. The second kappa shape index (κ2) is 7.96. The van der Waals surface area contributed by atoms with Crippen molar-refractivity contribution < 1.29 is 27.9 Å². The second-order valence-corrected chi connectivity index (χ2v) is 5.07. The lowest BCUT2D eigenvalue weighted by atomic mass is 10.1. The summed E-state index contributed by atoms with van der Waals surface area (Å²) < 4.78 is 38.0. The van der Waals surface area contributed by atoms with Crippen LogP contribution in [-0.4, -0.2) is 29.6 Å². The Bertz CT molecular complexity index is 574. The Morgan fingerprint density at radius 1 is 1.26 bits per heavy atom. The number of rotatable bonds is 5. The lowest BCUT2D eigenvalue weighted by Gasteiger charge is -2.16. The summed E-state index contributed by atoms with van der Waals surface area (Å²) in [5.74, 6) is -2.01. The lowest BCUT2D eigenvalue weighted by Crippen LogP contribution is -2.42. The average Bonchev–Trinajstić information content (AvgIpc) is 2.47. The summed E-state index contributed by atoms with van der Waals surface area (Å²) in [6.45, 7) is 3.15. The maximum absolute atomic E-state index is 12.7. The van der Waals surface area contributed by atoms with Crippen LogP contribution < -0.4 is 10.6 Å². The van der Waals surface area contributed by atoms with E-state index in [1.807, 2.05) is 0 Å². The number of alkyl halides is 3. The molecule has 0 heterocycles. The third kappa shape index (κ3) is 5.55. The third-order valence-corrected chi connectivity index (χ3v) is 3.32. The first kappa shape index (κ1) is 19.0. The normalized spacial score (nSPS) is 12.6. The van der Waals surface area contributed by atoms with E-state index in [4.69, 9.17) is 5.11 Å². The third-order valence-electron chi connectivity index (χ3n) is 3.32. The van der Waals surface area contributed by atoms with E-state index in [0.717, 1.165) is 12.1 Å². The Balaban J connectivity index is 2.82. The van der Waals surface area contributed by atoms with Crippen molar-refractivity contribution in [3.63, 3.8) is 0 Å². The topological polar surface area (TPSA) is 78.4 Å². The van der Waals surface area contributed by atoms with Gasteiger partial charge in [0.1, 0.15) is 0 Å². The van der Waals surface area contributed by atoms with Crippen LogP contribution in [0.5, 0.6) is 0 Å². The molecule has 0 aromatic heterocycles. The van der Waals surface area contributed by atoms with Gasteiger partial charge in [-0.25, -0.2) is 0 Å². The molecule has 1 rings (SSSR count). The molecule has 1 atom stereocenters. The molecule has 0 radical (unpaired) electrons. The van der Waals surface area contributed by atoms with E-state index in [1.165, 1.54) is 13.0 Å². The number of hydrogen-bond donors (Lipinski definition) is 3. The minimum absolute atomic E-state index is 0.0739. The Labute approximate surface area is 131 Å². The van der Waals surface area contributed by atoms with Crippen molar-refractivity contribution in [1.82, 2.24) is 5.32 Å². The van der Waals surface area contributed by atoms with E-state index in [9.17, 15) is 22.8 Å². The highest BCUT2D eigenvalue weighted by Crippen LogP contribution is 2.31. The highest BCUT2D eigenvalue weighted by Gasteiger charge is 2.31. The Morgan fingerprint density at radius 2 is 1.91 bits per heavy atom.